The standard InChI is InChI=1S/C11H12FNO3/c12-9-6-4-8(5-7-9)2-1-3-10(13)16-11(14)15/h4-7,13H,1-3H2,(H,14,15). The monoisotopic (exact) mass is 225 g/mol. The van der Waals surface area contributed by atoms with Gasteiger partial charge in [0.25, 0.3) is 0 Å². The first-order chi connectivity index (χ1) is 7.58. The van der Waals surface area contributed by atoms with Gasteiger partial charge in [0.1, 0.15) is 5.82 Å². The Hall–Kier alpha value is -1.91. The Balaban J connectivity index is 2.28. The van der Waals surface area contributed by atoms with Crippen molar-refractivity contribution in [3.05, 3.63) is 35.6 Å². The van der Waals surface area contributed by atoms with Crippen molar-refractivity contribution < 1.29 is 19.0 Å². The second kappa shape index (κ2) is 5.85. The topological polar surface area (TPSA) is 70.4 Å². The summed E-state index contributed by atoms with van der Waals surface area (Å²) in [5.74, 6) is -0.555. The van der Waals surface area contributed by atoms with Crippen molar-refractivity contribution in [3.63, 3.8) is 0 Å². The minimum Gasteiger partial charge on any atom is -0.449 e. The van der Waals surface area contributed by atoms with E-state index in [1.165, 1.54) is 12.1 Å². The number of hydrogen-bond donors (Lipinski definition) is 2. The van der Waals surface area contributed by atoms with Crippen molar-refractivity contribution in [1.29, 1.82) is 5.41 Å². The first-order valence-electron chi connectivity index (χ1n) is 4.80. The van der Waals surface area contributed by atoms with E-state index >= 15 is 0 Å². The molecule has 0 saturated carbocycles. The molecule has 0 aromatic heterocycles. The van der Waals surface area contributed by atoms with Crippen LogP contribution in [-0.2, 0) is 11.2 Å². The largest absolute Gasteiger partial charge is 0.512 e. The number of ether oxygens (including phenoxy) is 1. The highest BCUT2D eigenvalue weighted by Gasteiger charge is 2.04. The van der Waals surface area contributed by atoms with Gasteiger partial charge in [-0.15, -0.1) is 0 Å². The summed E-state index contributed by atoms with van der Waals surface area (Å²) >= 11 is 0. The molecule has 0 aliphatic carbocycles. The number of rotatable bonds is 4. The average Bonchev–Trinajstić information content (AvgIpc) is 2.20. The molecule has 0 fully saturated rings. The summed E-state index contributed by atoms with van der Waals surface area (Å²) in [6.45, 7) is 0. The van der Waals surface area contributed by atoms with Gasteiger partial charge >= 0.3 is 6.16 Å². The molecule has 0 heterocycles. The molecule has 0 amide bonds. The van der Waals surface area contributed by atoms with Crippen LogP contribution in [0.4, 0.5) is 9.18 Å². The van der Waals surface area contributed by atoms with Gasteiger partial charge in [0.2, 0.25) is 0 Å². The Labute approximate surface area is 92.2 Å². The molecule has 5 heteroatoms. The SMILES string of the molecule is N=C(CCCc1ccc(F)cc1)OC(=O)O. The highest BCUT2D eigenvalue weighted by Crippen LogP contribution is 2.07. The minimum absolute atomic E-state index is 0.254. The van der Waals surface area contributed by atoms with Crippen LogP contribution < -0.4 is 0 Å². The lowest BCUT2D eigenvalue weighted by Gasteiger charge is -2.02. The number of benzene rings is 1. The van der Waals surface area contributed by atoms with E-state index in [0.717, 1.165) is 5.56 Å². The van der Waals surface area contributed by atoms with E-state index in [2.05, 4.69) is 4.74 Å². The normalized spacial score (nSPS) is 9.81. The van der Waals surface area contributed by atoms with Crippen LogP contribution in [0.3, 0.4) is 0 Å². The highest BCUT2D eigenvalue weighted by atomic mass is 19.1. The van der Waals surface area contributed by atoms with E-state index in [1.54, 1.807) is 12.1 Å². The molecule has 0 aliphatic heterocycles. The van der Waals surface area contributed by atoms with Crippen LogP contribution >= 0.6 is 0 Å². The molecule has 0 unspecified atom stereocenters. The summed E-state index contributed by atoms with van der Waals surface area (Å²) in [6, 6.07) is 6.07. The molecule has 16 heavy (non-hydrogen) atoms. The van der Waals surface area contributed by atoms with E-state index in [1.807, 2.05) is 0 Å². The Morgan fingerprint density at radius 1 is 1.38 bits per heavy atom. The van der Waals surface area contributed by atoms with Crippen molar-refractivity contribution in [2.24, 2.45) is 0 Å². The third-order valence-electron chi connectivity index (χ3n) is 1.99. The number of halogens is 1. The number of carboxylic acid groups (broad SMARTS) is 1. The minimum atomic E-state index is -1.47. The predicted molar refractivity (Wildman–Crippen MR) is 56.2 cm³/mol. The van der Waals surface area contributed by atoms with Crippen molar-refractivity contribution in [3.8, 4) is 0 Å². The Morgan fingerprint density at radius 3 is 2.56 bits per heavy atom. The third kappa shape index (κ3) is 4.54. The maximum Gasteiger partial charge on any atom is 0.512 e. The zero-order chi connectivity index (χ0) is 12.0. The lowest BCUT2D eigenvalue weighted by Crippen LogP contribution is -2.08. The van der Waals surface area contributed by atoms with Crippen LogP contribution in [0.15, 0.2) is 24.3 Å². The van der Waals surface area contributed by atoms with E-state index < -0.39 is 6.16 Å². The highest BCUT2D eigenvalue weighted by molar-refractivity contribution is 5.82. The van der Waals surface area contributed by atoms with Crippen LogP contribution in [0, 0.1) is 11.2 Å². The molecule has 4 nitrogen and oxygen atoms in total. The zero-order valence-corrected chi connectivity index (χ0v) is 8.57. The van der Waals surface area contributed by atoms with E-state index in [0.29, 0.717) is 12.8 Å². The molecule has 0 radical (unpaired) electrons. The Kier molecular flexibility index (Phi) is 4.44. The van der Waals surface area contributed by atoms with Crippen LogP contribution in [0.5, 0.6) is 0 Å². The van der Waals surface area contributed by atoms with Crippen molar-refractivity contribution in [2.75, 3.05) is 0 Å². The van der Waals surface area contributed by atoms with Crippen LogP contribution in [0.1, 0.15) is 18.4 Å². The molecule has 2 N–H and O–H groups in total. The summed E-state index contributed by atoms with van der Waals surface area (Å²) in [6.07, 6.45) is 0.0411. The van der Waals surface area contributed by atoms with Crippen molar-refractivity contribution in [1.82, 2.24) is 0 Å². The third-order valence-corrected chi connectivity index (χ3v) is 1.99. The van der Waals surface area contributed by atoms with Gasteiger partial charge in [-0.3, -0.25) is 5.41 Å². The molecule has 1 aromatic carbocycles. The number of nitrogens with one attached hydrogen (secondary N) is 1. The molecule has 1 aromatic rings. The van der Waals surface area contributed by atoms with Crippen LogP contribution in [0.2, 0.25) is 0 Å². The maximum atomic E-state index is 12.6. The molecule has 86 valence electrons. The maximum absolute atomic E-state index is 12.6. The Morgan fingerprint density at radius 2 is 2.00 bits per heavy atom. The fourth-order valence-corrected chi connectivity index (χ4v) is 1.26. The molecule has 0 atom stereocenters. The first-order valence-corrected chi connectivity index (χ1v) is 4.80. The van der Waals surface area contributed by atoms with Gasteiger partial charge in [-0.25, -0.2) is 9.18 Å². The van der Waals surface area contributed by atoms with E-state index in [9.17, 15) is 9.18 Å². The molecule has 0 spiro atoms. The lowest BCUT2D eigenvalue weighted by molar-refractivity contribution is 0.138. The molecular formula is C11H12FNO3. The van der Waals surface area contributed by atoms with Gasteiger partial charge in [0, 0.05) is 6.42 Å². The molecular weight excluding hydrogens is 213 g/mol. The molecule has 0 saturated heterocycles. The second-order valence-corrected chi connectivity index (χ2v) is 3.27. The smallest absolute Gasteiger partial charge is 0.449 e. The van der Waals surface area contributed by atoms with Crippen LogP contribution in [0.25, 0.3) is 0 Å². The lowest BCUT2D eigenvalue weighted by atomic mass is 10.1. The summed E-state index contributed by atoms with van der Waals surface area (Å²) in [5, 5.41) is 15.4. The van der Waals surface area contributed by atoms with Gasteiger partial charge in [-0.05, 0) is 30.5 Å². The number of aryl methyl sites for hydroxylation is 1. The number of hydrogen-bond acceptors (Lipinski definition) is 3. The molecule has 1 rings (SSSR count). The summed E-state index contributed by atoms with van der Waals surface area (Å²) in [4.78, 5) is 10.1. The first kappa shape index (κ1) is 12.2. The summed E-state index contributed by atoms with van der Waals surface area (Å²) in [5.41, 5.74) is 0.949. The Bertz CT molecular complexity index is 375. The van der Waals surface area contributed by atoms with Crippen molar-refractivity contribution in [2.45, 2.75) is 19.3 Å². The summed E-state index contributed by atoms with van der Waals surface area (Å²) in [7, 11) is 0. The van der Waals surface area contributed by atoms with Gasteiger partial charge in [0.05, 0.1) is 0 Å². The second-order valence-electron chi connectivity index (χ2n) is 3.27. The zero-order valence-electron chi connectivity index (χ0n) is 8.57. The van der Waals surface area contributed by atoms with Crippen molar-refractivity contribution >= 4 is 12.1 Å². The van der Waals surface area contributed by atoms with Gasteiger partial charge in [0.15, 0.2) is 5.90 Å². The fourth-order valence-electron chi connectivity index (χ4n) is 1.26. The average molecular weight is 225 g/mol. The summed E-state index contributed by atoms with van der Waals surface area (Å²) < 4.78 is 16.7. The number of carbonyl (C=O) groups is 1. The van der Waals surface area contributed by atoms with Gasteiger partial charge < -0.3 is 9.84 Å². The quantitative estimate of drug-likeness (QED) is 0.470. The van der Waals surface area contributed by atoms with Crippen LogP contribution in [-0.4, -0.2) is 17.2 Å². The van der Waals surface area contributed by atoms with E-state index in [-0.39, 0.29) is 18.1 Å². The predicted octanol–water partition coefficient (Wildman–Crippen LogP) is 2.82. The van der Waals surface area contributed by atoms with Gasteiger partial charge in [-0.2, -0.15) is 0 Å². The fraction of sp³-hybridized carbons (Fsp3) is 0.273. The van der Waals surface area contributed by atoms with Gasteiger partial charge in [-0.1, -0.05) is 12.1 Å². The molecule has 0 bridgehead atoms. The van der Waals surface area contributed by atoms with E-state index in [4.69, 9.17) is 10.5 Å². The molecule has 0 aliphatic rings.